The van der Waals surface area contributed by atoms with Gasteiger partial charge in [0.15, 0.2) is 0 Å². The molecule has 236 valence electrons. The third kappa shape index (κ3) is 5.04. The quantitative estimate of drug-likeness (QED) is 0.197. The van der Waals surface area contributed by atoms with E-state index in [1.54, 1.807) is 12.1 Å². The molecule has 0 radical (unpaired) electrons. The summed E-state index contributed by atoms with van der Waals surface area (Å²) in [4.78, 5) is 0. The van der Waals surface area contributed by atoms with E-state index in [-0.39, 0.29) is 12.1 Å². The van der Waals surface area contributed by atoms with Gasteiger partial charge in [-0.15, -0.1) is 0 Å². The molecule has 49 heavy (non-hydrogen) atoms. The number of alkyl halides is 6. The van der Waals surface area contributed by atoms with Crippen molar-refractivity contribution in [3.8, 4) is 36.4 Å². The van der Waals surface area contributed by atoms with Gasteiger partial charge >= 0.3 is 12.4 Å². The van der Waals surface area contributed by atoms with Crippen LogP contribution in [0.1, 0.15) is 44.5 Å². The highest BCUT2D eigenvalue weighted by molar-refractivity contribution is 6.30. The molecule has 0 N–H and O–H groups in total. The molecule has 3 aromatic carbocycles. The van der Waals surface area contributed by atoms with E-state index in [9.17, 15) is 66.7 Å². The summed E-state index contributed by atoms with van der Waals surface area (Å²) < 4.78 is 127. The molecule has 0 unspecified atom stereocenters. The van der Waals surface area contributed by atoms with Crippen molar-refractivity contribution in [1.82, 2.24) is 0 Å². The second-order valence-corrected chi connectivity index (χ2v) is 10.1. The highest BCUT2D eigenvalue weighted by atomic mass is 19.4. The van der Waals surface area contributed by atoms with Gasteiger partial charge < -0.3 is 0 Å². The van der Waals surface area contributed by atoms with Gasteiger partial charge in [-0.2, -0.15) is 57.9 Å². The van der Waals surface area contributed by atoms with E-state index in [2.05, 4.69) is 0 Å². The number of halogens is 9. The lowest BCUT2D eigenvalue weighted by atomic mass is 9.88. The zero-order chi connectivity index (χ0) is 36.2. The summed E-state index contributed by atoms with van der Waals surface area (Å²) >= 11 is 0. The molecule has 2 aliphatic rings. The van der Waals surface area contributed by atoms with Crippen LogP contribution in [0, 0.1) is 85.4 Å². The molecule has 3 aromatic rings. The Morgan fingerprint density at radius 1 is 0.510 bits per heavy atom. The summed E-state index contributed by atoms with van der Waals surface area (Å²) in [6.45, 7) is 0. The fourth-order valence-corrected chi connectivity index (χ4v) is 5.69. The maximum absolute atomic E-state index is 16.9. The first-order valence-electron chi connectivity index (χ1n) is 13.1. The Labute approximate surface area is 268 Å². The van der Waals surface area contributed by atoms with E-state index in [1.165, 1.54) is 24.3 Å². The fourth-order valence-electron chi connectivity index (χ4n) is 5.69. The van der Waals surface area contributed by atoms with Crippen LogP contribution in [-0.2, 0) is 12.4 Å². The molecule has 0 atom stereocenters. The van der Waals surface area contributed by atoms with Crippen molar-refractivity contribution in [2.75, 3.05) is 0 Å². The number of hydrogen-bond acceptors (Lipinski definition) is 6. The van der Waals surface area contributed by atoms with Gasteiger partial charge in [0.05, 0.1) is 22.3 Å². The Balaban J connectivity index is 1.98. The highest BCUT2D eigenvalue weighted by Gasteiger charge is 2.42. The Bertz CT molecular complexity index is 2250. The fraction of sp³-hybridized carbons (Fsp3) is 0.0588. The lowest BCUT2D eigenvalue weighted by Gasteiger charge is -2.14. The van der Waals surface area contributed by atoms with Crippen LogP contribution in [0.5, 0.6) is 0 Å². The van der Waals surface area contributed by atoms with Crippen LogP contribution in [0.2, 0.25) is 0 Å². The average molecular weight is 670 g/mol. The minimum Gasteiger partial charge on any atom is -0.206 e. The first-order chi connectivity index (χ1) is 23.1. The molecule has 0 bridgehead atoms. The maximum Gasteiger partial charge on any atom is 0.419 e. The third-order valence-electron chi connectivity index (χ3n) is 7.60. The van der Waals surface area contributed by atoms with Gasteiger partial charge in [0.25, 0.3) is 0 Å². The van der Waals surface area contributed by atoms with Crippen molar-refractivity contribution in [2.45, 2.75) is 12.4 Å². The van der Waals surface area contributed by atoms with Gasteiger partial charge in [0, 0.05) is 33.4 Å². The van der Waals surface area contributed by atoms with Crippen LogP contribution >= 0.6 is 0 Å². The molecule has 6 nitrogen and oxygen atoms in total. The van der Waals surface area contributed by atoms with Crippen molar-refractivity contribution in [3.63, 3.8) is 0 Å². The van der Waals surface area contributed by atoms with E-state index < -0.39 is 119 Å². The summed E-state index contributed by atoms with van der Waals surface area (Å²) in [5.74, 6) is -4.94. The second kappa shape index (κ2) is 11.6. The molecule has 15 heteroatoms. The van der Waals surface area contributed by atoms with Crippen molar-refractivity contribution in [3.05, 3.63) is 116 Å². The van der Waals surface area contributed by atoms with E-state index in [0.717, 1.165) is 18.2 Å². The standard InChI is InChI=1S/C34H7F9N6/c35-24-3-1-14(5-22(24)33(38,39)40)26-20(12-48)30-18(28(26)16(8-44)9-45)7-19-29(17(10-46)11-47)27(21(13-49)31(19)32(30)37)15-2-4-25(36)23(6-15)34(41,42)43/h1-7H. The zero-order valence-corrected chi connectivity index (χ0v) is 23.6. The topological polar surface area (TPSA) is 143 Å². The Hall–Kier alpha value is -7.07. The van der Waals surface area contributed by atoms with Crippen LogP contribution in [0.15, 0.2) is 53.6 Å². The molecule has 0 amide bonds. The normalized spacial score (nSPS) is 13.4. The van der Waals surface area contributed by atoms with Crippen molar-refractivity contribution in [1.29, 1.82) is 31.6 Å². The number of nitriles is 6. The summed E-state index contributed by atoms with van der Waals surface area (Å²) in [5, 5.41) is 59.5. The van der Waals surface area contributed by atoms with Crippen LogP contribution in [0.4, 0.5) is 39.5 Å². The van der Waals surface area contributed by atoms with Crippen LogP contribution in [0.3, 0.4) is 0 Å². The van der Waals surface area contributed by atoms with Crippen molar-refractivity contribution < 1.29 is 39.5 Å². The molecule has 5 rings (SSSR count). The van der Waals surface area contributed by atoms with E-state index in [1.807, 2.05) is 0 Å². The van der Waals surface area contributed by atoms with Crippen LogP contribution in [-0.4, -0.2) is 0 Å². The Morgan fingerprint density at radius 2 is 0.857 bits per heavy atom. The first kappa shape index (κ1) is 33.3. The molecule has 0 saturated carbocycles. The van der Waals surface area contributed by atoms with E-state index in [0.29, 0.717) is 12.1 Å². The molecule has 0 spiro atoms. The number of nitrogens with zero attached hydrogens (tertiary/aromatic N) is 6. The number of fused-ring (bicyclic) bond motifs is 2. The monoisotopic (exact) mass is 670 g/mol. The zero-order valence-electron chi connectivity index (χ0n) is 23.6. The second-order valence-electron chi connectivity index (χ2n) is 10.1. The van der Waals surface area contributed by atoms with Crippen molar-refractivity contribution >= 4 is 33.4 Å². The van der Waals surface area contributed by atoms with Gasteiger partial charge in [-0.25, -0.2) is 13.2 Å². The van der Waals surface area contributed by atoms with Crippen LogP contribution < -0.4 is 0 Å². The van der Waals surface area contributed by atoms with E-state index in [4.69, 9.17) is 0 Å². The van der Waals surface area contributed by atoms with E-state index >= 15 is 4.39 Å². The molecule has 0 aliphatic heterocycles. The third-order valence-corrected chi connectivity index (χ3v) is 7.60. The molecule has 0 fully saturated rings. The van der Waals surface area contributed by atoms with Crippen molar-refractivity contribution in [2.24, 2.45) is 0 Å². The maximum atomic E-state index is 16.9. The smallest absolute Gasteiger partial charge is 0.206 e. The minimum absolute atomic E-state index is 0.270. The van der Waals surface area contributed by atoms with Gasteiger partial charge in [-0.05, 0) is 52.6 Å². The number of benzene rings is 3. The number of hydrogen-bond donors (Lipinski definition) is 0. The van der Waals surface area contributed by atoms with Gasteiger partial charge in [-0.1, -0.05) is 12.1 Å². The molecule has 0 aromatic heterocycles. The molecule has 2 aliphatic carbocycles. The van der Waals surface area contributed by atoms with Crippen LogP contribution in [0.25, 0.3) is 33.4 Å². The lowest BCUT2D eigenvalue weighted by Crippen LogP contribution is -2.09. The predicted molar refractivity (Wildman–Crippen MR) is 150 cm³/mol. The van der Waals surface area contributed by atoms with Gasteiger partial charge in [0.2, 0.25) is 0 Å². The summed E-state index contributed by atoms with van der Waals surface area (Å²) in [6.07, 6.45) is -10.5. The minimum atomic E-state index is -5.26. The summed E-state index contributed by atoms with van der Waals surface area (Å²) in [5.41, 5.74) is -13.0. The summed E-state index contributed by atoms with van der Waals surface area (Å²) in [6, 6.07) is 13.0. The predicted octanol–water partition coefficient (Wildman–Crippen LogP) is 8.64. The number of rotatable bonds is 2. The Kier molecular flexibility index (Phi) is 7.90. The van der Waals surface area contributed by atoms with Gasteiger partial charge in [0.1, 0.15) is 65.0 Å². The molecular formula is C34H7F9N6. The number of allylic oxidation sites excluding steroid dienone is 8. The molecular weight excluding hydrogens is 663 g/mol. The summed E-state index contributed by atoms with van der Waals surface area (Å²) in [7, 11) is 0. The molecule has 0 heterocycles. The average Bonchev–Trinajstić information content (AvgIpc) is 3.55. The molecule has 0 saturated heterocycles. The Morgan fingerprint density at radius 3 is 1.14 bits per heavy atom. The SMILES string of the molecule is N#CC(C#N)=C1C(c2ccc(F)c(C(F)(F)F)c2)=C(C#N)c2c1cc1c(c2F)C(C#N)=C(c2ccc(F)c(C(F)(F)F)c2)C1=C(C#N)C#N. The highest BCUT2D eigenvalue weighted by Crippen LogP contribution is 2.56. The largest absolute Gasteiger partial charge is 0.419 e. The lowest BCUT2D eigenvalue weighted by molar-refractivity contribution is -0.140. The first-order valence-corrected chi connectivity index (χ1v) is 13.1. The van der Waals surface area contributed by atoms with Gasteiger partial charge in [-0.3, -0.25) is 0 Å².